The summed E-state index contributed by atoms with van der Waals surface area (Å²) in [5, 5.41) is 17.4. The second kappa shape index (κ2) is 4.92. The van der Waals surface area contributed by atoms with Crippen molar-refractivity contribution >= 4 is 5.97 Å². The molecule has 0 unspecified atom stereocenters. The van der Waals surface area contributed by atoms with Crippen LogP contribution in [0, 0.1) is 5.92 Å². The summed E-state index contributed by atoms with van der Waals surface area (Å²) < 4.78 is 0. The molecule has 0 radical (unpaired) electrons. The lowest BCUT2D eigenvalue weighted by molar-refractivity contribution is -0.312. The van der Waals surface area contributed by atoms with Crippen molar-refractivity contribution in [1.29, 1.82) is 0 Å². The molecular weight excluding hydrogens is 194 g/mol. The third-order valence-corrected chi connectivity index (χ3v) is 3.26. The van der Waals surface area contributed by atoms with Crippen LogP contribution >= 0.6 is 0 Å². The van der Waals surface area contributed by atoms with Crippen LogP contribution in [0.4, 0.5) is 0 Å². The summed E-state index contributed by atoms with van der Waals surface area (Å²) in [7, 11) is 0. The van der Waals surface area contributed by atoms with Gasteiger partial charge < -0.3 is 9.90 Å². The van der Waals surface area contributed by atoms with Crippen LogP contribution in [-0.2, 0) is 4.79 Å². The maximum absolute atomic E-state index is 10.7. The van der Waals surface area contributed by atoms with Gasteiger partial charge in [-0.25, -0.2) is 0 Å². The van der Waals surface area contributed by atoms with Crippen LogP contribution in [0.3, 0.4) is 0 Å². The van der Waals surface area contributed by atoms with Gasteiger partial charge in [-0.2, -0.15) is 0 Å². The Morgan fingerprint density at radius 2 is 1.80 bits per heavy atom. The molecule has 2 N–H and O–H groups in total. The minimum absolute atomic E-state index is 0.237. The molecule has 5 heteroatoms. The number of carboxylic acids is 1. The van der Waals surface area contributed by atoms with Crippen LogP contribution in [0.2, 0.25) is 0 Å². The Balaban J connectivity index is 1.79. The molecule has 0 spiro atoms. The Bertz CT molecular complexity index is 221. The number of carbonyl (C=O) groups is 1. The van der Waals surface area contributed by atoms with Crippen molar-refractivity contribution in [1.82, 2.24) is 15.5 Å². The molecule has 2 saturated heterocycles. The number of nitrogens with zero attached hydrogens (tertiary/aromatic N) is 1. The highest BCUT2D eigenvalue weighted by atomic mass is 16.4. The van der Waals surface area contributed by atoms with Gasteiger partial charge in [0.2, 0.25) is 0 Å². The minimum Gasteiger partial charge on any atom is -0.550 e. The zero-order valence-electron chi connectivity index (χ0n) is 8.87. The number of carboxylic acid groups (broad SMARTS) is 1. The summed E-state index contributed by atoms with van der Waals surface area (Å²) in [6, 6.07) is 0. The second-order valence-electron chi connectivity index (χ2n) is 4.29. The number of carbonyl (C=O) groups excluding carboxylic acids is 1. The predicted molar refractivity (Wildman–Crippen MR) is 53.7 cm³/mol. The number of nitrogens with one attached hydrogen (secondary N) is 2. The van der Waals surface area contributed by atoms with Gasteiger partial charge in [0.15, 0.2) is 0 Å². The molecule has 0 atom stereocenters. The summed E-state index contributed by atoms with van der Waals surface area (Å²) in [5.41, 5.74) is 0. The topological polar surface area (TPSA) is 67.4 Å². The summed E-state index contributed by atoms with van der Waals surface area (Å²) in [6.45, 7) is 3.75. The van der Waals surface area contributed by atoms with Crippen molar-refractivity contribution in [2.45, 2.75) is 25.6 Å². The van der Waals surface area contributed by atoms with Gasteiger partial charge in [-0.3, -0.25) is 15.5 Å². The minimum atomic E-state index is -0.890. The van der Waals surface area contributed by atoms with E-state index in [0.29, 0.717) is 12.8 Å². The predicted octanol–water partition coefficient (Wildman–Crippen LogP) is -1.69. The van der Waals surface area contributed by atoms with Gasteiger partial charge in [0.1, 0.15) is 6.29 Å². The Kier molecular flexibility index (Phi) is 3.56. The monoisotopic (exact) mass is 212 g/mol. The number of hydrogen-bond donors (Lipinski definition) is 2. The lowest BCUT2D eigenvalue weighted by atomic mass is 9.97. The van der Waals surface area contributed by atoms with E-state index in [1.165, 1.54) is 0 Å². The van der Waals surface area contributed by atoms with Gasteiger partial charge in [-0.1, -0.05) is 0 Å². The molecule has 0 aromatic heterocycles. The summed E-state index contributed by atoms with van der Waals surface area (Å²) in [4.78, 5) is 13.0. The zero-order chi connectivity index (χ0) is 10.7. The maximum Gasteiger partial charge on any atom is 0.114 e. The molecule has 2 aliphatic rings. The van der Waals surface area contributed by atoms with Crippen LogP contribution in [0.5, 0.6) is 0 Å². The Labute approximate surface area is 89.8 Å². The normalized spacial score (nSPS) is 26.7. The van der Waals surface area contributed by atoms with E-state index in [1.807, 2.05) is 0 Å². The molecule has 0 aliphatic carbocycles. The van der Waals surface area contributed by atoms with Gasteiger partial charge >= 0.3 is 0 Å². The zero-order valence-corrected chi connectivity index (χ0v) is 8.87. The molecule has 15 heavy (non-hydrogen) atoms. The van der Waals surface area contributed by atoms with Gasteiger partial charge in [-0.15, -0.1) is 0 Å². The summed E-state index contributed by atoms with van der Waals surface area (Å²) >= 11 is 0. The molecule has 86 valence electrons. The Morgan fingerprint density at radius 1 is 1.20 bits per heavy atom. The fraction of sp³-hybridized carbons (Fsp3) is 0.900. The van der Waals surface area contributed by atoms with Crippen molar-refractivity contribution in [2.24, 2.45) is 5.92 Å². The third-order valence-electron chi connectivity index (χ3n) is 3.26. The van der Waals surface area contributed by atoms with Gasteiger partial charge in [0.25, 0.3) is 0 Å². The second-order valence-corrected chi connectivity index (χ2v) is 4.29. The smallest absolute Gasteiger partial charge is 0.114 e. The van der Waals surface area contributed by atoms with E-state index in [2.05, 4.69) is 15.5 Å². The number of aliphatic carboxylic acids is 1. The van der Waals surface area contributed by atoms with Gasteiger partial charge in [0, 0.05) is 25.0 Å². The van der Waals surface area contributed by atoms with Crippen molar-refractivity contribution < 1.29 is 9.90 Å². The SMILES string of the molecule is O=C([O-])C1CCN(C2NCCCN2)CC1. The quantitative estimate of drug-likeness (QED) is 0.572. The Hall–Kier alpha value is -0.650. The maximum atomic E-state index is 10.7. The van der Waals surface area contributed by atoms with Gasteiger partial charge in [-0.05, 0) is 32.4 Å². The van der Waals surface area contributed by atoms with Crippen LogP contribution in [-0.4, -0.2) is 43.3 Å². The summed E-state index contributed by atoms with van der Waals surface area (Å²) in [5.74, 6) is -1.14. The first-order valence-corrected chi connectivity index (χ1v) is 5.69. The molecule has 2 aliphatic heterocycles. The van der Waals surface area contributed by atoms with Crippen LogP contribution in [0.1, 0.15) is 19.3 Å². The largest absolute Gasteiger partial charge is 0.550 e. The fourth-order valence-corrected chi connectivity index (χ4v) is 2.29. The highest BCUT2D eigenvalue weighted by Gasteiger charge is 2.25. The average molecular weight is 212 g/mol. The third kappa shape index (κ3) is 2.68. The van der Waals surface area contributed by atoms with Crippen LogP contribution < -0.4 is 15.7 Å². The fourth-order valence-electron chi connectivity index (χ4n) is 2.29. The summed E-state index contributed by atoms with van der Waals surface area (Å²) in [6.07, 6.45) is 2.82. The van der Waals surface area contributed by atoms with E-state index in [9.17, 15) is 9.90 Å². The lowest BCUT2D eigenvalue weighted by Gasteiger charge is -2.40. The van der Waals surface area contributed by atoms with Gasteiger partial charge in [0.05, 0.1) is 0 Å². The molecule has 2 rings (SSSR count). The molecule has 0 bridgehead atoms. The molecule has 5 nitrogen and oxygen atoms in total. The highest BCUT2D eigenvalue weighted by molar-refractivity contribution is 5.67. The lowest BCUT2D eigenvalue weighted by Crippen LogP contribution is -2.60. The number of likely N-dealkylation sites (tertiary alicyclic amines) is 1. The average Bonchev–Trinajstić information content (AvgIpc) is 2.30. The first-order valence-electron chi connectivity index (χ1n) is 5.69. The molecule has 0 aromatic rings. The number of piperidine rings is 1. The first kappa shape index (κ1) is 10.9. The van der Waals surface area contributed by atoms with Crippen molar-refractivity contribution in [2.75, 3.05) is 26.2 Å². The van der Waals surface area contributed by atoms with E-state index >= 15 is 0 Å². The molecule has 0 aromatic carbocycles. The van der Waals surface area contributed by atoms with Crippen LogP contribution in [0.15, 0.2) is 0 Å². The molecule has 0 amide bonds. The van der Waals surface area contributed by atoms with E-state index in [0.717, 1.165) is 32.6 Å². The molecule has 2 heterocycles. The van der Waals surface area contributed by atoms with E-state index in [4.69, 9.17) is 0 Å². The van der Waals surface area contributed by atoms with Crippen molar-refractivity contribution in [3.05, 3.63) is 0 Å². The van der Waals surface area contributed by atoms with Crippen molar-refractivity contribution in [3.63, 3.8) is 0 Å². The number of rotatable bonds is 2. The molecule has 0 saturated carbocycles. The molecule has 2 fully saturated rings. The van der Waals surface area contributed by atoms with Crippen LogP contribution in [0.25, 0.3) is 0 Å². The first-order chi connectivity index (χ1) is 7.27. The van der Waals surface area contributed by atoms with E-state index < -0.39 is 5.97 Å². The Morgan fingerprint density at radius 3 is 2.33 bits per heavy atom. The van der Waals surface area contributed by atoms with E-state index in [1.54, 1.807) is 0 Å². The number of hydrogen-bond acceptors (Lipinski definition) is 5. The van der Waals surface area contributed by atoms with Crippen molar-refractivity contribution in [3.8, 4) is 0 Å². The standard InChI is InChI=1S/C10H19N3O2/c14-9(15)8-2-6-13(7-3-8)10-11-4-1-5-12-10/h8,10-12H,1-7H2,(H,14,15)/p-1. The molecular formula is C10H18N3O2-. The van der Waals surface area contributed by atoms with E-state index in [-0.39, 0.29) is 12.2 Å². The highest BCUT2D eigenvalue weighted by Crippen LogP contribution is 2.17.